The molecule has 64 valence electrons. The first-order valence-electron chi connectivity index (χ1n) is 3.79. The first-order valence-corrected chi connectivity index (χ1v) is 3.79. The van der Waals surface area contributed by atoms with E-state index in [4.69, 9.17) is 9.47 Å². The third-order valence-corrected chi connectivity index (χ3v) is 1.65. The fourth-order valence-corrected chi connectivity index (χ4v) is 1.00. The van der Waals surface area contributed by atoms with Gasteiger partial charge in [-0.15, -0.1) is 0 Å². The summed E-state index contributed by atoms with van der Waals surface area (Å²) in [6.07, 6.45) is 1.32. The van der Waals surface area contributed by atoms with Crippen molar-refractivity contribution in [3.63, 3.8) is 0 Å². The number of carbonyl (C=O) groups is 1. The summed E-state index contributed by atoms with van der Waals surface area (Å²) in [5, 5.41) is 2.41. The number of ether oxygens (including phenoxy) is 2. The summed E-state index contributed by atoms with van der Waals surface area (Å²) < 4.78 is 10.1. The highest BCUT2D eigenvalue weighted by Crippen LogP contribution is 2.10. The summed E-state index contributed by atoms with van der Waals surface area (Å²) in [5.41, 5.74) is 0. The Morgan fingerprint density at radius 2 is 2.18 bits per heavy atom. The van der Waals surface area contributed by atoms with Gasteiger partial charge >= 0.3 is 6.09 Å². The van der Waals surface area contributed by atoms with Crippen molar-refractivity contribution in [2.45, 2.75) is 18.9 Å². The molecule has 4 nitrogen and oxygen atoms in total. The van der Waals surface area contributed by atoms with Crippen molar-refractivity contribution in [2.75, 3.05) is 20.3 Å². The normalized spacial score (nSPS) is 19.4. The third-order valence-electron chi connectivity index (χ3n) is 1.65. The minimum atomic E-state index is -0.350. The summed E-state index contributed by atoms with van der Waals surface area (Å²) in [6, 6.07) is 0. The monoisotopic (exact) mass is 159 g/mol. The Hall–Kier alpha value is -0.770. The number of hydrogen-bond donors (Lipinski definition) is 1. The van der Waals surface area contributed by atoms with Crippen molar-refractivity contribution < 1.29 is 14.3 Å². The number of amides is 1. The molecule has 0 atom stereocenters. The minimum absolute atomic E-state index is 0.0451. The standard InChI is InChI=1S/C7H13NO3/c1-8-7(9)11-6-2-4-10-5-3-6/h6H,2-5H2,1H3,(H,8,9). The number of hydrogen-bond acceptors (Lipinski definition) is 3. The van der Waals surface area contributed by atoms with Crippen LogP contribution in [0.15, 0.2) is 0 Å². The highest BCUT2D eigenvalue weighted by atomic mass is 16.6. The van der Waals surface area contributed by atoms with Gasteiger partial charge in [-0.25, -0.2) is 4.79 Å². The summed E-state index contributed by atoms with van der Waals surface area (Å²) in [7, 11) is 1.56. The molecule has 0 radical (unpaired) electrons. The first-order chi connectivity index (χ1) is 5.33. The molecule has 11 heavy (non-hydrogen) atoms. The molecule has 1 heterocycles. The van der Waals surface area contributed by atoms with Gasteiger partial charge in [0, 0.05) is 19.9 Å². The molecule has 4 heteroatoms. The highest BCUT2D eigenvalue weighted by Gasteiger charge is 2.16. The number of rotatable bonds is 1. The van der Waals surface area contributed by atoms with Gasteiger partial charge in [-0.2, -0.15) is 0 Å². The van der Waals surface area contributed by atoms with E-state index in [0.717, 1.165) is 12.8 Å². The zero-order chi connectivity index (χ0) is 8.10. The van der Waals surface area contributed by atoms with Gasteiger partial charge in [-0.1, -0.05) is 0 Å². The molecule has 1 rings (SSSR count). The molecule has 0 bridgehead atoms. The van der Waals surface area contributed by atoms with E-state index in [2.05, 4.69) is 5.32 Å². The largest absolute Gasteiger partial charge is 0.446 e. The lowest BCUT2D eigenvalue weighted by Gasteiger charge is -2.21. The van der Waals surface area contributed by atoms with Crippen LogP contribution >= 0.6 is 0 Å². The van der Waals surface area contributed by atoms with Crippen LogP contribution in [0.1, 0.15) is 12.8 Å². The zero-order valence-corrected chi connectivity index (χ0v) is 6.63. The second-order valence-corrected chi connectivity index (χ2v) is 2.47. The first kappa shape index (κ1) is 8.33. The van der Waals surface area contributed by atoms with Gasteiger partial charge < -0.3 is 14.8 Å². The maximum Gasteiger partial charge on any atom is 0.407 e. The Labute approximate surface area is 65.9 Å². The smallest absolute Gasteiger partial charge is 0.407 e. The van der Waals surface area contributed by atoms with Crippen molar-refractivity contribution in [2.24, 2.45) is 0 Å². The quantitative estimate of drug-likeness (QED) is 0.606. The Bertz CT molecular complexity index is 132. The van der Waals surface area contributed by atoms with E-state index in [1.807, 2.05) is 0 Å². The molecule has 1 amide bonds. The van der Waals surface area contributed by atoms with Gasteiger partial charge in [0.2, 0.25) is 0 Å². The molecular formula is C7H13NO3. The molecule has 0 aliphatic carbocycles. The van der Waals surface area contributed by atoms with E-state index in [0.29, 0.717) is 13.2 Å². The molecule has 0 saturated carbocycles. The van der Waals surface area contributed by atoms with Crippen LogP contribution in [0.3, 0.4) is 0 Å². The molecule has 1 saturated heterocycles. The maximum absolute atomic E-state index is 10.7. The van der Waals surface area contributed by atoms with Crippen LogP contribution < -0.4 is 5.32 Å². The van der Waals surface area contributed by atoms with Crippen LogP contribution in [0.4, 0.5) is 4.79 Å². The van der Waals surface area contributed by atoms with Crippen molar-refractivity contribution in [3.8, 4) is 0 Å². The second-order valence-electron chi connectivity index (χ2n) is 2.47. The Balaban J connectivity index is 2.19. The van der Waals surface area contributed by atoms with Crippen LogP contribution in [0.5, 0.6) is 0 Å². The van der Waals surface area contributed by atoms with Crippen LogP contribution in [-0.4, -0.2) is 32.5 Å². The molecule has 0 aromatic carbocycles. The van der Waals surface area contributed by atoms with Crippen molar-refractivity contribution >= 4 is 6.09 Å². The van der Waals surface area contributed by atoms with Crippen LogP contribution in [0, 0.1) is 0 Å². The maximum atomic E-state index is 10.7. The Morgan fingerprint density at radius 1 is 1.55 bits per heavy atom. The van der Waals surface area contributed by atoms with Crippen molar-refractivity contribution in [1.29, 1.82) is 0 Å². The van der Waals surface area contributed by atoms with Crippen molar-refractivity contribution in [3.05, 3.63) is 0 Å². The molecule has 1 aliphatic heterocycles. The number of alkyl carbamates (subject to hydrolysis) is 1. The van der Waals surface area contributed by atoms with Crippen LogP contribution in [0.2, 0.25) is 0 Å². The Kier molecular flexibility index (Phi) is 3.16. The molecular weight excluding hydrogens is 146 g/mol. The summed E-state index contributed by atoms with van der Waals surface area (Å²) in [4.78, 5) is 10.7. The molecule has 0 aromatic heterocycles. The lowest BCUT2D eigenvalue weighted by atomic mass is 10.2. The van der Waals surface area contributed by atoms with E-state index >= 15 is 0 Å². The molecule has 1 N–H and O–H groups in total. The predicted molar refractivity (Wildman–Crippen MR) is 39.4 cm³/mol. The zero-order valence-electron chi connectivity index (χ0n) is 6.63. The molecule has 0 spiro atoms. The molecule has 1 aliphatic rings. The molecule has 0 unspecified atom stereocenters. The SMILES string of the molecule is CNC(=O)OC1CCOCC1. The van der Waals surface area contributed by atoms with Crippen molar-refractivity contribution in [1.82, 2.24) is 5.32 Å². The van der Waals surface area contributed by atoms with Crippen LogP contribution in [0.25, 0.3) is 0 Å². The average Bonchev–Trinajstić information content (AvgIpc) is 2.06. The summed E-state index contributed by atoms with van der Waals surface area (Å²) in [5.74, 6) is 0. The second kappa shape index (κ2) is 4.18. The molecule has 1 fully saturated rings. The lowest BCUT2D eigenvalue weighted by molar-refractivity contribution is 0.00220. The van der Waals surface area contributed by atoms with E-state index < -0.39 is 0 Å². The summed E-state index contributed by atoms with van der Waals surface area (Å²) in [6.45, 7) is 1.39. The highest BCUT2D eigenvalue weighted by molar-refractivity contribution is 5.66. The van der Waals surface area contributed by atoms with Gasteiger partial charge in [0.05, 0.1) is 13.2 Å². The van der Waals surface area contributed by atoms with Gasteiger partial charge in [0.15, 0.2) is 0 Å². The van der Waals surface area contributed by atoms with E-state index in [-0.39, 0.29) is 12.2 Å². The van der Waals surface area contributed by atoms with E-state index in [9.17, 15) is 4.79 Å². The van der Waals surface area contributed by atoms with Gasteiger partial charge in [-0.3, -0.25) is 0 Å². The average molecular weight is 159 g/mol. The fourth-order valence-electron chi connectivity index (χ4n) is 1.00. The number of carbonyl (C=O) groups excluding carboxylic acids is 1. The fraction of sp³-hybridized carbons (Fsp3) is 0.857. The topological polar surface area (TPSA) is 47.6 Å². The lowest BCUT2D eigenvalue weighted by Crippen LogP contribution is -2.30. The van der Waals surface area contributed by atoms with E-state index in [1.165, 1.54) is 0 Å². The van der Waals surface area contributed by atoms with Crippen LogP contribution in [-0.2, 0) is 9.47 Å². The third kappa shape index (κ3) is 2.76. The predicted octanol–water partition coefficient (Wildman–Crippen LogP) is 0.521. The van der Waals surface area contributed by atoms with Gasteiger partial charge in [0.1, 0.15) is 6.10 Å². The minimum Gasteiger partial charge on any atom is -0.446 e. The molecule has 0 aromatic rings. The van der Waals surface area contributed by atoms with Gasteiger partial charge in [-0.05, 0) is 0 Å². The Morgan fingerprint density at radius 3 is 2.73 bits per heavy atom. The van der Waals surface area contributed by atoms with Gasteiger partial charge in [0.25, 0.3) is 0 Å². The number of nitrogens with one attached hydrogen (secondary N) is 1. The van der Waals surface area contributed by atoms with E-state index in [1.54, 1.807) is 7.05 Å². The summed E-state index contributed by atoms with van der Waals surface area (Å²) >= 11 is 0.